The fourth-order valence-electron chi connectivity index (χ4n) is 2.17. The van der Waals surface area contributed by atoms with E-state index in [4.69, 9.17) is 22.1 Å². The number of nitrogens with two attached hydrogens (primary N) is 1. The molecule has 0 unspecified atom stereocenters. The van der Waals surface area contributed by atoms with Gasteiger partial charge in [0.05, 0.1) is 10.7 Å². The van der Waals surface area contributed by atoms with Gasteiger partial charge in [-0.3, -0.25) is 0 Å². The number of ether oxygens (including phenoxy) is 1. The van der Waals surface area contributed by atoms with Crippen molar-refractivity contribution >= 4 is 28.1 Å². The van der Waals surface area contributed by atoms with Crippen LogP contribution in [0.15, 0.2) is 60.7 Å². The van der Waals surface area contributed by atoms with Crippen LogP contribution in [-0.4, -0.2) is 0 Å². The Kier molecular flexibility index (Phi) is 3.48. The van der Waals surface area contributed by atoms with Crippen LogP contribution in [0.1, 0.15) is 5.56 Å². The van der Waals surface area contributed by atoms with Crippen molar-refractivity contribution in [2.75, 3.05) is 5.73 Å². The van der Waals surface area contributed by atoms with Crippen LogP contribution in [0.3, 0.4) is 0 Å². The van der Waals surface area contributed by atoms with E-state index in [0.717, 1.165) is 16.7 Å². The van der Waals surface area contributed by atoms with Crippen LogP contribution in [0.2, 0.25) is 5.02 Å². The average molecular weight is 284 g/mol. The maximum atomic E-state index is 5.91. The maximum Gasteiger partial charge on any atom is 0.127 e. The summed E-state index contributed by atoms with van der Waals surface area (Å²) in [5.74, 6) is 0.872. The van der Waals surface area contributed by atoms with Gasteiger partial charge in [-0.05, 0) is 29.1 Å². The van der Waals surface area contributed by atoms with E-state index >= 15 is 0 Å². The monoisotopic (exact) mass is 283 g/mol. The van der Waals surface area contributed by atoms with Crippen LogP contribution in [-0.2, 0) is 6.61 Å². The van der Waals surface area contributed by atoms with Crippen molar-refractivity contribution in [2.24, 2.45) is 0 Å². The van der Waals surface area contributed by atoms with Gasteiger partial charge in [0, 0.05) is 5.39 Å². The van der Waals surface area contributed by atoms with Crippen LogP contribution in [0.25, 0.3) is 10.8 Å². The minimum Gasteiger partial charge on any atom is -0.488 e. The molecule has 0 radical (unpaired) electrons. The molecular weight excluding hydrogens is 270 g/mol. The predicted octanol–water partition coefficient (Wildman–Crippen LogP) is 4.65. The molecule has 20 heavy (non-hydrogen) atoms. The molecule has 0 amide bonds. The molecule has 0 aliphatic rings. The lowest BCUT2D eigenvalue weighted by atomic mass is 10.1. The van der Waals surface area contributed by atoms with Crippen molar-refractivity contribution in [3.05, 3.63) is 71.2 Å². The molecule has 3 rings (SSSR count). The summed E-state index contributed by atoms with van der Waals surface area (Å²) in [7, 11) is 0. The quantitative estimate of drug-likeness (QED) is 0.710. The second-order valence-corrected chi connectivity index (χ2v) is 5.03. The van der Waals surface area contributed by atoms with Crippen molar-refractivity contribution in [3.8, 4) is 5.75 Å². The first-order chi connectivity index (χ1) is 9.74. The summed E-state index contributed by atoms with van der Waals surface area (Å²) in [5.41, 5.74) is 7.37. The highest BCUT2D eigenvalue weighted by molar-refractivity contribution is 6.33. The normalized spacial score (nSPS) is 10.7. The smallest absolute Gasteiger partial charge is 0.127 e. The first-order valence-electron chi connectivity index (χ1n) is 6.38. The van der Waals surface area contributed by atoms with Crippen molar-refractivity contribution in [1.82, 2.24) is 0 Å². The van der Waals surface area contributed by atoms with E-state index in [1.807, 2.05) is 36.4 Å². The first-order valence-corrected chi connectivity index (χ1v) is 6.76. The molecule has 3 aromatic rings. The predicted molar refractivity (Wildman–Crippen MR) is 84.1 cm³/mol. The maximum absolute atomic E-state index is 5.91. The molecule has 0 atom stereocenters. The molecule has 2 N–H and O–H groups in total. The first kappa shape index (κ1) is 12.8. The largest absolute Gasteiger partial charge is 0.488 e. The van der Waals surface area contributed by atoms with Gasteiger partial charge in [-0.25, -0.2) is 0 Å². The zero-order valence-corrected chi connectivity index (χ0v) is 11.6. The minimum absolute atomic E-state index is 0.468. The van der Waals surface area contributed by atoms with Gasteiger partial charge in [-0.15, -0.1) is 0 Å². The Morgan fingerprint density at radius 3 is 2.60 bits per heavy atom. The number of benzene rings is 3. The Balaban J connectivity index is 1.85. The Morgan fingerprint density at radius 1 is 0.950 bits per heavy atom. The van der Waals surface area contributed by atoms with Gasteiger partial charge in [0.1, 0.15) is 12.4 Å². The molecule has 0 fully saturated rings. The number of rotatable bonds is 3. The number of anilines is 1. The van der Waals surface area contributed by atoms with E-state index in [1.54, 1.807) is 6.07 Å². The highest BCUT2D eigenvalue weighted by Gasteiger charge is 2.03. The van der Waals surface area contributed by atoms with Gasteiger partial charge in [-0.2, -0.15) is 0 Å². The Bertz CT molecular complexity index is 750. The van der Waals surface area contributed by atoms with Gasteiger partial charge in [0.15, 0.2) is 0 Å². The topological polar surface area (TPSA) is 35.2 Å². The molecular formula is C17H14ClNO. The average Bonchev–Trinajstić information content (AvgIpc) is 2.48. The van der Waals surface area contributed by atoms with E-state index < -0.39 is 0 Å². The number of hydrogen-bond acceptors (Lipinski definition) is 2. The molecule has 3 heteroatoms. The Labute approximate surface area is 122 Å². The lowest BCUT2D eigenvalue weighted by Gasteiger charge is -2.10. The third kappa shape index (κ3) is 2.56. The number of nitrogen functional groups attached to an aromatic ring is 1. The second-order valence-electron chi connectivity index (χ2n) is 4.62. The van der Waals surface area contributed by atoms with E-state index in [0.29, 0.717) is 17.3 Å². The van der Waals surface area contributed by atoms with Crippen molar-refractivity contribution in [1.29, 1.82) is 0 Å². The molecule has 0 aliphatic carbocycles. The molecule has 0 saturated heterocycles. The van der Waals surface area contributed by atoms with Crippen LogP contribution >= 0.6 is 11.6 Å². The van der Waals surface area contributed by atoms with Crippen molar-refractivity contribution in [3.63, 3.8) is 0 Å². The zero-order valence-electron chi connectivity index (χ0n) is 10.8. The summed E-state index contributed by atoms with van der Waals surface area (Å²) in [4.78, 5) is 0. The van der Waals surface area contributed by atoms with Crippen molar-refractivity contribution < 1.29 is 4.74 Å². The van der Waals surface area contributed by atoms with E-state index in [-0.39, 0.29) is 0 Å². The summed E-state index contributed by atoms with van der Waals surface area (Å²) in [6, 6.07) is 19.7. The molecule has 0 heterocycles. The summed E-state index contributed by atoms with van der Waals surface area (Å²) < 4.78 is 5.90. The van der Waals surface area contributed by atoms with Gasteiger partial charge < -0.3 is 10.5 Å². The Hall–Kier alpha value is -2.19. The third-order valence-electron chi connectivity index (χ3n) is 3.20. The minimum atomic E-state index is 0.468. The standard InChI is InChI=1S/C17H14ClNO/c18-15-9-8-12(10-16(15)19)11-20-17-7-3-5-13-4-1-2-6-14(13)17/h1-10H,11,19H2. The summed E-state index contributed by atoms with van der Waals surface area (Å²) in [6.07, 6.45) is 0. The van der Waals surface area contributed by atoms with Gasteiger partial charge in [0.2, 0.25) is 0 Å². The van der Waals surface area contributed by atoms with Gasteiger partial charge in [-0.1, -0.05) is 54.1 Å². The van der Waals surface area contributed by atoms with Gasteiger partial charge >= 0.3 is 0 Å². The van der Waals surface area contributed by atoms with Crippen LogP contribution < -0.4 is 10.5 Å². The fourth-order valence-corrected chi connectivity index (χ4v) is 2.28. The molecule has 3 aromatic carbocycles. The highest BCUT2D eigenvalue weighted by atomic mass is 35.5. The molecule has 2 nitrogen and oxygen atoms in total. The van der Waals surface area contributed by atoms with E-state index in [2.05, 4.69) is 18.2 Å². The van der Waals surface area contributed by atoms with Crippen LogP contribution in [0, 0.1) is 0 Å². The van der Waals surface area contributed by atoms with Crippen molar-refractivity contribution in [2.45, 2.75) is 6.61 Å². The molecule has 0 aliphatic heterocycles. The molecule has 0 bridgehead atoms. The summed E-state index contributed by atoms with van der Waals surface area (Å²) >= 11 is 5.91. The summed E-state index contributed by atoms with van der Waals surface area (Å²) in [6.45, 7) is 0.468. The Morgan fingerprint density at radius 2 is 1.75 bits per heavy atom. The lowest BCUT2D eigenvalue weighted by molar-refractivity contribution is 0.310. The van der Waals surface area contributed by atoms with E-state index in [9.17, 15) is 0 Å². The second kappa shape index (κ2) is 5.43. The summed E-state index contributed by atoms with van der Waals surface area (Å²) in [5, 5.41) is 2.84. The SMILES string of the molecule is Nc1cc(COc2cccc3ccccc23)ccc1Cl. The van der Waals surface area contributed by atoms with E-state index in [1.165, 1.54) is 5.39 Å². The fraction of sp³-hybridized carbons (Fsp3) is 0.0588. The highest BCUT2D eigenvalue weighted by Crippen LogP contribution is 2.26. The number of fused-ring (bicyclic) bond motifs is 1. The van der Waals surface area contributed by atoms with Crippen LogP contribution in [0.4, 0.5) is 5.69 Å². The number of halogens is 1. The number of hydrogen-bond donors (Lipinski definition) is 1. The lowest BCUT2D eigenvalue weighted by Crippen LogP contribution is -1.97. The third-order valence-corrected chi connectivity index (χ3v) is 3.55. The molecule has 100 valence electrons. The molecule has 0 spiro atoms. The molecule has 0 saturated carbocycles. The molecule has 0 aromatic heterocycles. The van der Waals surface area contributed by atoms with Crippen LogP contribution in [0.5, 0.6) is 5.75 Å². The van der Waals surface area contributed by atoms with Gasteiger partial charge in [0.25, 0.3) is 0 Å². The zero-order chi connectivity index (χ0) is 13.9.